The topological polar surface area (TPSA) is 9.23 Å². The Balaban J connectivity index is 1.63. The monoisotopic (exact) mass is 394 g/mol. The summed E-state index contributed by atoms with van der Waals surface area (Å²) in [7, 11) is 0. The lowest BCUT2D eigenvalue weighted by Gasteiger charge is -2.59. The van der Waals surface area contributed by atoms with E-state index in [0.29, 0.717) is 0 Å². The fraction of sp³-hybridized carbons (Fsp3) is 0.579. The van der Waals surface area contributed by atoms with E-state index in [-0.39, 0.29) is 5.60 Å². The Kier molecular flexibility index (Phi) is 3.36. The number of benzene rings is 1. The van der Waals surface area contributed by atoms with Gasteiger partial charge in [-0.1, -0.05) is 18.7 Å². The zero-order valence-corrected chi connectivity index (χ0v) is 14.8. The van der Waals surface area contributed by atoms with E-state index in [2.05, 4.69) is 54.3 Å². The van der Waals surface area contributed by atoms with Crippen molar-refractivity contribution >= 4 is 28.7 Å². The molecule has 0 aliphatic heterocycles. The minimum Gasteiger partial charge on any atom is -0.486 e. The number of hydrogen-bond donors (Lipinski definition) is 0. The van der Waals surface area contributed by atoms with Crippen LogP contribution in [0.1, 0.15) is 44.6 Å². The SMILES string of the molecule is C=Cc1ccc(OC2(C)C3CC4CC(C3)CC2C4)c(I)c1. The Bertz CT molecular complexity index is 549. The Morgan fingerprint density at radius 3 is 2.29 bits per heavy atom. The van der Waals surface area contributed by atoms with Crippen molar-refractivity contribution in [2.24, 2.45) is 23.7 Å². The van der Waals surface area contributed by atoms with E-state index in [4.69, 9.17) is 4.74 Å². The zero-order chi connectivity index (χ0) is 14.6. The molecule has 0 heterocycles. The first-order valence-corrected chi connectivity index (χ1v) is 9.27. The predicted molar refractivity (Wildman–Crippen MR) is 95.3 cm³/mol. The molecule has 0 saturated heterocycles. The van der Waals surface area contributed by atoms with E-state index in [1.165, 1.54) is 41.2 Å². The molecular weight excluding hydrogens is 371 g/mol. The van der Waals surface area contributed by atoms with E-state index >= 15 is 0 Å². The molecule has 0 amide bonds. The van der Waals surface area contributed by atoms with Crippen LogP contribution in [0.15, 0.2) is 24.8 Å². The standard InChI is InChI=1S/C19H23IO/c1-3-12-4-5-18(17(20)11-12)21-19(2)15-7-13-6-14(9-15)10-16(19)8-13/h3-5,11,13-16H,1,6-10H2,2H3. The second-order valence-corrected chi connectivity index (χ2v) is 8.65. The first kappa shape index (κ1) is 14.1. The van der Waals surface area contributed by atoms with Crippen molar-refractivity contribution in [2.45, 2.75) is 44.6 Å². The molecule has 1 aromatic rings. The van der Waals surface area contributed by atoms with Gasteiger partial charge in [0.15, 0.2) is 0 Å². The van der Waals surface area contributed by atoms with Crippen LogP contribution in [0, 0.1) is 27.2 Å². The Morgan fingerprint density at radius 1 is 1.14 bits per heavy atom. The highest BCUT2D eigenvalue weighted by Gasteiger charge is 2.56. The highest BCUT2D eigenvalue weighted by molar-refractivity contribution is 14.1. The summed E-state index contributed by atoms with van der Waals surface area (Å²) < 4.78 is 7.88. The molecule has 4 aliphatic rings. The number of hydrogen-bond acceptors (Lipinski definition) is 1. The van der Waals surface area contributed by atoms with Gasteiger partial charge in [0, 0.05) is 0 Å². The summed E-state index contributed by atoms with van der Waals surface area (Å²) in [6.45, 7) is 6.23. The summed E-state index contributed by atoms with van der Waals surface area (Å²) in [6.07, 6.45) is 8.97. The van der Waals surface area contributed by atoms with Crippen LogP contribution in [-0.4, -0.2) is 5.60 Å². The van der Waals surface area contributed by atoms with Crippen molar-refractivity contribution in [3.63, 3.8) is 0 Å². The van der Waals surface area contributed by atoms with Crippen LogP contribution >= 0.6 is 22.6 Å². The van der Waals surface area contributed by atoms with Crippen molar-refractivity contribution in [3.05, 3.63) is 33.9 Å². The summed E-state index contributed by atoms with van der Waals surface area (Å²) in [4.78, 5) is 0. The molecule has 5 rings (SSSR count). The molecule has 112 valence electrons. The maximum atomic E-state index is 6.67. The van der Waals surface area contributed by atoms with Crippen LogP contribution in [-0.2, 0) is 0 Å². The maximum absolute atomic E-state index is 6.67. The summed E-state index contributed by atoms with van der Waals surface area (Å²) in [5.74, 6) is 4.58. The van der Waals surface area contributed by atoms with Gasteiger partial charge in [-0.05, 0) is 103 Å². The molecule has 4 bridgehead atoms. The van der Waals surface area contributed by atoms with E-state index in [9.17, 15) is 0 Å². The molecule has 21 heavy (non-hydrogen) atoms. The lowest BCUT2D eigenvalue weighted by Crippen LogP contribution is -2.59. The number of halogens is 1. The van der Waals surface area contributed by atoms with Gasteiger partial charge in [-0.25, -0.2) is 0 Å². The molecule has 0 unspecified atom stereocenters. The maximum Gasteiger partial charge on any atom is 0.133 e. The molecule has 0 radical (unpaired) electrons. The van der Waals surface area contributed by atoms with E-state index in [1.54, 1.807) is 0 Å². The molecule has 0 atom stereocenters. The molecule has 0 aromatic heterocycles. The van der Waals surface area contributed by atoms with Gasteiger partial charge in [-0.3, -0.25) is 0 Å². The van der Waals surface area contributed by atoms with Crippen molar-refractivity contribution < 1.29 is 4.74 Å². The molecule has 0 N–H and O–H groups in total. The Labute approximate surface area is 141 Å². The van der Waals surface area contributed by atoms with E-state index in [0.717, 1.165) is 29.4 Å². The van der Waals surface area contributed by atoms with Gasteiger partial charge in [-0.15, -0.1) is 0 Å². The highest BCUT2D eigenvalue weighted by atomic mass is 127. The molecule has 1 nitrogen and oxygen atoms in total. The average molecular weight is 394 g/mol. The van der Waals surface area contributed by atoms with Crippen LogP contribution < -0.4 is 4.74 Å². The first-order chi connectivity index (χ1) is 10.1. The molecule has 0 spiro atoms. The number of ether oxygens (including phenoxy) is 1. The average Bonchev–Trinajstić information content (AvgIpc) is 2.46. The zero-order valence-electron chi connectivity index (χ0n) is 12.6. The van der Waals surface area contributed by atoms with Crippen molar-refractivity contribution in [1.82, 2.24) is 0 Å². The molecular formula is C19H23IO. The van der Waals surface area contributed by atoms with Crippen LogP contribution in [0.5, 0.6) is 5.75 Å². The quantitative estimate of drug-likeness (QED) is 0.613. The van der Waals surface area contributed by atoms with E-state index < -0.39 is 0 Å². The smallest absolute Gasteiger partial charge is 0.133 e. The first-order valence-electron chi connectivity index (χ1n) is 8.19. The lowest BCUT2D eigenvalue weighted by atomic mass is 9.50. The normalized spacial score (nSPS) is 40.3. The van der Waals surface area contributed by atoms with Crippen LogP contribution in [0.4, 0.5) is 0 Å². The summed E-state index contributed by atoms with van der Waals surface area (Å²) >= 11 is 2.40. The second kappa shape index (κ2) is 5.00. The summed E-state index contributed by atoms with van der Waals surface area (Å²) in [6, 6.07) is 6.42. The molecule has 1 aromatic carbocycles. The van der Waals surface area contributed by atoms with Crippen LogP contribution in [0.25, 0.3) is 6.08 Å². The highest BCUT2D eigenvalue weighted by Crippen LogP contribution is 2.59. The minimum atomic E-state index is 0.0586. The van der Waals surface area contributed by atoms with Crippen molar-refractivity contribution in [2.75, 3.05) is 0 Å². The molecule has 4 saturated carbocycles. The lowest BCUT2D eigenvalue weighted by molar-refractivity contribution is -0.145. The van der Waals surface area contributed by atoms with Gasteiger partial charge in [-0.2, -0.15) is 0 Å². The summed E-state index contributed by atoms with van der Waals surface area (Å²) in [5.41, 5.74) is 1.23. The van der Waals surface area contributed by atoms with Crippen molar-refractivity contribution in [1.29, 1.82) is 0 Å². The van der Waals surface area contributed by atoms with Gasteiger partial charge in [0.2, 0.25) is 0 Å². The van der Waals surface area contributed by atoms with Gasteiger partial charge in [0.1, 0.15) is 11.4 Å². The third kappa shape index (κ3) is 2.25. The van der Waals surface area contributed by atoms with Gasteiger partial charge in [0.25, 0.3) is 0 Å². The largest absolute Gasteiger partial charge is 0.486 e. The molecule has 2 heteroatoms. The van der Waals surface area contributed by atoms with Gasteiger partial charge >= 0.3 is 0 Å². The predicted octanol–water partition coefficient (Wildman–Crippen LogP) is 5.53. The Morgan fingerprint density at radius 2 is 1.76 bits per heavy atom. The number of rotatable bonds is 3. The third-order valence-corrected chi connectivity index (χ3v) is 7.12. The summed E-state index contributed by atoms with van der Waals surface area (Å²) in [5, 5.41) is 0. The fourth-order valence-corrected chi connectivity index (χ4v) is 5.90. The molecule has 4 fully saturated rings. The minimum absolute atomic E-state index is 0.0586. The van der Waals surface area contributed by atoms with Crippen LogP contribution in [0.2, 0.25) is 0 Å². The third-order valence-electron chi connectivity index (χ3n) is 6.28. The van der Waals surface area contributed by atoms with Crippen molar-refractivity contribution in [3.8, 4) is 5.75 Å². The van der Waals surface area contributed by atoms with E-state index in [1.807, 2.05) is 6.08 Å². The van der Waals surface area contributed by atoms with Gasteiger partial charge in [0.05, 0.1) is 3.57 Å². The van der Waals surface area contributed by atoms with Crippen LogP contribution in [0.3, 0.4) is 0 Å². The fourth-order valence-electron chi connectivity index (χ4n) is 5.25. The van der Waals surface area contributed by atoms with Gasteiger partial charge < -0.3 is 4.74 Å². The Hall–Kier alpha value is -0.510. The second-order valence-electron chi connectivity index (χ2n) is 7.48. The molecule has 4 aliphatic carbocycles.